The lowest BCUT2D eigenvalue weighted by Crippen LogP contribution is -1.68. The molecule has 0 unspecified atom stereocenters. The minimum absolute atomic E-state index is 1.43. The second-order valence-corrected chi connectivity index (χ2v) is 0.842. The van der Waals surface area contributed by atoms with E-state index in [1.165, 1.54) is 12.7 Å². The van der Waals surface area contributed by atoms with Gasteiger partial charge in [-0.05, 0) is 6.08 Å². The minimum atomic E-state index is 1.43. The third-order valence-corrected chi connectivity index (χ3v) is 0.325. The molecule has 0 aromatic carbocycles. The molecule has 0 spiro atoms. The van der Waals surface area contributed by atoms with Gasteiger partial charge in [0.25, 0.3) is 0 Å². The summed E-state index contributed by atoms with van der Waals surface area (Å²) in [7, 11) is 0. The number of hydrogen-bond donors (Lipinski definition) is 0. The van der Waals surface area contributed by atoms with Crippen LogP contribution in [0.3, 0.4) is 0 Å². The van der Waals surface area contributed by atoms with Gasteiger partial charge >= 0.3 is 0 Å². The van der Waals surface area contributed by atoms with Crippen LogP contribution in [0.1, 0.15) is 6.92 Å². The second kappa shape index (κ2) is 5.10. The highest BCUT2D eigenvalue weighted by Crippen LogP contribution is 1.75. The standard InChI is InChI=1S/C6H7O/c1-3-5-7-6-4-2/h3,5H,1H2,2H3. The number of hydrogen-bond acceptors (Lipinski definition) is 1. The first-order valence-electron chi connectivity index (χ1n) is 1.93. The summed E-state index contributed by atoms with van der Waals surface area (Å²) >= 11 is 0. The average Bonchev–Trinajstić information content (AvgIpc) is 1.69. The summed E-state index contributed by atoms with van der Waals surface area (Å²) in [5, 5.41) is 0. The summed E-state index contributed by atoms with van der Waals surface area (Å²) in [4.78, 5) is 0. The molecule has 0 atom stereocenters. The Bertz CT molecular complexity index is 94.5. The summed E-state index contributed by atoms with van der Waals surface area (Å²) in [5.74, 6) is 2.55. The molecular weight excluding hydrogens is 88.1 g/mol. The molecule has 0 saturated heterocycles. The molecule has 0 fully saturated rings. The number of ether oxygens (including phenoxy) is 1. The molecule has 0 aliphatic carbocycles. The van der Waals surface area contributed by atoms with Gasteiger partial charge in [0.2, 0.25) is 0 Å². The predicted octanol–water partition coefficient (Wildman–Crippen LogP) is 1.33. The monoisotopic (exact) mass is 95.0 g/mol. The Kier molecular flexibility index (Phi) is 4.44. The van der Waals surface area contributed by atoms with Crippen molar-refractivity contribution in [3.05, 3.63) is 19.3 Å². The number of rotatable bonds is 2. The molecule has 0 aromatic rings. The van der Waals surface area contributed by atoms with E-state index in [0.29, 0.717) is 0 Å². The van der Waals surface area contributed by atoms with Crippen LogP contribution in [0.25, 0.3) is 0 Å². The van der Waals surface area contributed by atoms with Crippen LogP contribution in [0, 0.1) is 18.6 Å². The van der Waals surface area contributed by atoms with E-state index < -0.39 is 0 Å². The molecule has 0 aromatic heterocycles. The van der Waals surface area contributed by atoms with Gasteiger partial charge in [0.05, 0.1) is 0 Å². The van der Waals surface area contributed by atoms with E-state index >= 15 is 0 Å². The van der Waals surface area contributed by atoms with Crippen molar-refractivity contribution in [2.24, 2.45) is 0 Å². The zero-order valence-electron chi connectivity index (χ0n) is 4.27. The van der Waals surface area contributed by atoms with Crippen LogP contribution < -0.4 is 0 Å². The van der Waals surface area contributed by atoms with Crippen molar-refractivity contribution in [3.8, 4) is 12.0 Å². The van der Waals surface area contributed by atoms with E-state index in [9.17, 15) is 0 Å². The van der Waals surface area contributed by atoms with E-state index in [-0.39, 0.29) is 0 Å². The van der Waals surface area contributed by atoms with Crippen LogP contribution in [0.4, 0.5) is 0 Å². The first kappa shape index (κ1) is 6.10. The molecule has 0 rings (SSSR count). The van der Waals surface area contributed by atoms with Crippen molar-refractivity contribution < 1.29 is 4.74 Å². The molecule has 0 aliphatic heterocycles. The fraction of sp³-hybridized carbons (Fsp3) is 0.167. The van der Waals surface area contributed by atoms with Crippen LogP contribution in [0.2, 0.25) is 0 Å². The molecule has 0 saturated carbocycles. The van der Waals surface area contributed by atoms with Gasteiger partial charge in [0, 0.05) is 6.92 Å². The topological polar surface area (TPSA) is 9.23 Å². The van der Waals surface area contributed by atoms with Crippen LogP contribution in [0.15, 0.2) is 12.7 Å². The maximum Gasteiger partial charge on any atom is 0.170 e. The minimum Gasteiger partial charge on any atom is -0.435 e. The smallest absolute Gasteiger partial charge is 0.170 e. The molecule has 1 heteroatoms. The van der Waals surface area contributed by atoms with E-state index in [1.807, 2.05) is 0 Å². The Morgan fingerprint density at radius 1 is 1.71 bits per heavy atom. The highest BCUT2D eigenvalue weighted by molar-refractivity contribution is 4.90. The third kappa shape index (κ3) is 5.10. The Morgan fingerprint density at radius 3 is 2.86 bits per heavy atom. The van der Waals surface area contributed by atoms with Crippen LogP contribution in [-0.4, -0.2) is 0 Å². The Morgan fingerprint density at radius 2 is 2.43 bits per heavy atom. The van der Waals surface area contributed by atoms with Crippen molar-refractivity contribution in [3.63, 3.8) is 0 Å². The quantitative estimate of drug-likeness (QED) is 0.371. The SMILES string of the molecule is C=C[CH]OC#CC. The van der Waals surface area contributed by atoms with Crippen molar-refractivity contribution in [2.45, 2.75) is 6.92 Å². The Labute approximate surface area is 44.0 Å². The third-order valence-electron chi connectivity index (χ3n) is 0.325. The fourth-order valence-electron chi connectivity index (χ4n) is 0.141. The first-order chi connectivity index (χ1) is 3.41. The van der Waals surface area contributed by atoms with Crippen LogP contribution >= 0.6 is 0 Å². The van der Waals surface area contributed by atoms with E-state index in [2.05, 4.69) is 23.3 Å². The van der Waals surface area contributed by atoms with Crippen LogP contribution in [-0.2, 0) is 4.74 Å². The van der Waals surface area contributed by atoms with Gasteiger partial charge in [-0.25, -0.2) is 0 Å². The largest absolute Gasteiger partial charge is 0.435 e. The average molecular weight is 95.1 g/mol. The van der Waals surface area contributed by atoms with Gasteiger partial charge in [-0.2, -0.15) is 0 Å². The van der Waals surface area contributed by atoms with Gasteiger partial charge in [-0.3, -0.25) is 0 Å². The molecule has 0 heterocycles. The maximum absolute atomic E-state index is 4.53. The Balaban J connectivity index is 2.92. The molecule has 0 amide bonds. The molecular formula is C6H7O. The lowest BCUT2D eigenvalue weighted by atomic mass is 10.7. The molecule has 0 bridgehead atoms. The zero-order chi connectivity index (χ0) is 5.54. The molecule has 0 N–H and O–H groups in total. The van der Waals surface area contributed by atoms with Gasteiger partial charge in [-0.15, -0.1) is 0 Å². The second-order valence-electron chi connectivity index (χ2n) is 0.842. The fourth-order valence-corrected chi connectivity index (χ4v) is 0.141. The molecule has 1 nitrogen and oxygen atoms in total. The summed E-state index contributed by atoms with van der Waals surface area (Å²) in [6.45, 7) is 6.52. The van der Waals surface area contributed by atoms with Gasteiger partial charge in [0.15, 0.2) is 6.61 Å². The van der Waals surface area contributed by atoms with E-state index in [4.69, 9.17) is 0 Å². The summed E-state index contributed by atoms with van der Waals surface area (Å²) < 4.78 is 4.53. The van der Waals surface area contributed by atoms with Crippen molar-refractivity contribution >= 4 is 0 Å². The highest BCUT2D eigenvalue weighted by Gasteiger charge is 1.66. The first-order valence-corrected chi connectivity index (χ1v) is 1.93. The van der Waals surface area contributed by atoms with Crippen molar-refractivity contribution in [2.75, 3.05) is 0 Å². The van der Waals surface area contributed by atoms with E-state index in [0.717, 1.165) is 0 Å². The summed E-state index contributed by atoms with van der Waals surface area (Å²) in [6, 6.07) is 0. The predicted molar refractivity (Wildman–Crippen MR) is 29.0 cm³/mol. The van der Waals surface area contributed by atoms with Crippen molar-refractivity contribution in [1.29, 1.82) is 0 Å². The Hall–Kier alpha value is -0.900. The van der Waals surface area contributed by atoms with Crippen LogP contribution in [0.5, 0.6) is 0 Å². The van der Waals surface area contributed by atoms with Gasteiger partial charge in [0.1, 0.15) is 6.11 Å². The lowest BCUT2D eigenvalue weighted by molar-refractivity contribution is 0.392. The molecule has 37 valence electrons. The summed E-state index contributed by atoms with van der Waals surface area (Å²) in [6.07, 6.45) is 3.90. The molecule has 7 heavy (non-hydrogen) atoms. The highest BCUT2D eigenvalue weighted by atomic mass is 16.5. The molecule has 1 radical (unpaired) electrons. The molecule has 0 aliphatic rings. The lowest BCUT2D eigenvalue weighted by Gasteiger charge is -1.81. The van der Waals surface area contributed by atoms with E-state index in [1.54, 1.807) is 6.92 Å². The van der Waals surface area contributed by atoms with Gasteiger partial charge < -0.3 is 4.74 Å². The van der Waals surface area contributed by atoms with Gasteiger partial charge in [-0.1, -0.05) is 12.5 Å². The summed E-state index contributed by atoms with van der Waals surface area (Å²) in [5.41, 5.74) is 0. The maximum atomic E-state index is 4.53. The van der Waals surface area contributed by atoms with Crippen molar-refractivity contribution in [1.82, 2.24) is 0 Å². The zero-order valence-corrected chi connectivity index (χ0v) is 4.27. The normalized spacial score (nSPS) is 5.86.